The van der Waals surface area contributed by atoms with E-state index in [0.29, 0.717) is 29.5 Å². The molecule has 0 saturated heterocycles. The van der Waals surface area contributed by atoms with E-state index >= 15 is 0 Å². The van der Waals surface area contributed by atoms with Crippen LogP contribution in [0.4, 0.5) is 11.4 Å². The second-order valence-electron chi connectivity index (χ2n) is 7.53. The van der Waals surface area contributed by atoms with Crippen molar-refractivity contribution < 1.29 is 13.2 Å². The Morgan fingerprint density at radius 1 is 1.35 bits per heavy atom. The summed E-state index contributed by atoms with van der Waals surface area (Å²) >= 11 is 0. The number of fused-ring (bicyclic) bond motifs is 1. The van der Waals surface area contributed by atoms with Gasteiger partial charge in [0.1, 0.15) is 10.7 Å². The van der Waals surface area contributed by atoms with Crippen LogP contribution in [0.15, 0.2) is 27.5 Å². The summed E-state index contributed by atoms with van der Waals surface area (Å²) < 4.78 is 29.6. The summed E-state index contributed by atoms with van der Waals surface area (Å²) in [4.78, 5) is 14.2. The van der Waals surface area contributed by atoms with Crippen molar-refractivity contribution in [3.63, 3.8) is 0 Å². The van der Waals surface area contributed by atoms with Gasteiger partial charge in [0.25, 0.3) is 10.0 Å². The summed E-state index contributed by atoms with van der Waals surface area (Å²) in [7, 11) is -3.76. The largest absolute Gasteiger partial charge is 0.328 e. The molecule has 1 aromatic carbocycles. The van der Waals surface area contributed by atoms with Crippen LogP contribution >= 0.6 is 0 Å². The zero-order valence-corrected chi connectivity index (χ0v) is 16.5. The van der Waals surface area contributed by atoms with Gasteiger partial charge in [-0.15, -0.1) is 4.40 Å². The van der Waals surface area contributed by atoms with Gasteiger partial charge in [-0.2, -0.15) is 8.42 Å². The summed E-state index contributed by atoms with van der Waals surface area (Å²) in [6.45, 7) is 6.95. The molecule has 1 saturated carbocycles. The Hall–Kier alpha value is -1.89. The summed E-state index contributed by atoms with van der Waals surface area (Å²) in [5.41, 5.74) is 1.18. The molecule has 142 valence electrons. The highest BCUT2D eigenvalue weighted by Crippen LogP contribution is 2.36. The molecule has 1 aliphatic carbocycles. The predicted octanol–water partition coefficient (Wildman–Crippen LogP) is 3.79. The summed E-state index contributed by atoms with van der Waals surface area (Å²) in [6.07, 6.45) is 4.40. The van der Waals surface area contributed by atoms with Crippen LogP contribution in [0.2, 0.25) is 0 Å². The number of hydrogen-bond donors (Lipinski definition) is 1. The lowest BCUT2D eigenvalue weighted by Gasteiger charge is -2.32. The first-order chi connectivity index (χ1) is 12.3. The van der Waals surface area contributed by atoms with E-state index in [1.165, 1.54) is 0 Å². The molecule has 0 unspecified atom stereocenters. The number of benzene rings is 1. The second-order valence-corrected chi connectivity index (χ2v) is 9.10. The minimum atomic E-state index is -3.76. The molecule has 1 heterocycles. The maximum atomic E-state index is 12.7. The summed E-state index contributed by atoms with van der Waals surface area (Å²) in [5.74, 6) is 0.951. The average molecular weight is 378 g/mol. The molecule has 0 bridgehead atoms. The number of nitrogens with zero attached hydrogens (tertiary/aromatic N) is 2. The van der Waals surface area contributed by atoms with Gasteiger partial charge in [-0.05, 0) is 43.4 Å². The van der Waals surface area contributed by atoms with Crippen LogP contribution in [0.25, 0.3) is 0 Å². The third-order valence-corrected chi connectivity index (χ3v) is 5.94. The molecular formula is C19H27N3O3S. The molecule has 2 aliphatic rings. The maximum absolute atomic E-state index is 12.7. The Bertz CT molecular complexity index is 826. The Morgan fingerprint density at radius 2 is 2.08 bits per heavy atom. The van der Waals surface area contributed by atoms with Gasteiger partial charge in [-0.25, -0.2) is 0 Å². The van der Waals surface area contributed by atoms with Gasteiger partial charge >= 0.3 is 0 Å². The minimum absolute atomic E-state index is 0.0370. The number of rotatable bonds is 7. The van der Waals surface area contributed by atoms with E-state index in [4.69, 9.17) is 0 Å². The standard InChI is InChI=1S/C19H27N3O3S/c1-4-5-10-22-16-9-8-15(20-19(23)14-6-7-14)12-17(16)26(24,25)21-18(22)11-13(2)3/h8-9,12-14H,4-7,10-11H2,1-3H3,(H,20,23). The lowest BCUT2D eigenvalue weighted by atomic mass is 10.1. The van der Waals surface area contributed by atoms with Crippen molar-refractivity contribution in [1.82, 2.24) is 0 Å². The Morgan fingerprint density at radius 3 is 2.69 bits per heavy atom. The molecule has 1 fully saturated rings. The number of nitrogens with one attached hydrogen (secondary N) is 1. The van der Waals surface area contributed by atoms with Gasteiger partial charge in [0, 0.05) is 24.6 Å². The fraction of sp³-hybridized carbons (Fsp3) is 0.579. The zero-order valence-electron chi connectivity index (χ0n) is 15.7. The van der Waals surface area contributed by atoms with Crippen molar-refractivity contribution in [2.45, 2.75) is 57.8 Å². The Labute approximate surface area is 155 Å². The van der Waals surface area contributed by atoms with Crippen molar-refractivity contribution in [2.75, 3.05) is 16.8 Å². The highest BCUT2D eigenvalue weighted by molar-refractivity contribution is 7.90. The lowest BCUT2D eigenvalue weighted by Crippen LogP contribution is -2.37. The smallest absolute Gasteiger partial charge is 0.286 e. The molecule has 0 aromatic heterocycles. The molecule has 1 N–H and O–H groups in total. The van der Waals surface area contributed by atoms with Gasteiger partial charge in [0.05, 0.1) is 5.69 Å². The van der Waals surface area contributed by atoms with Gasteiger partial charge in [0.2, 0.25) is 5.91 Å². The monoisotopic (exact) mass is 377 g/mol. The van der Waals surface area contributed by atoms with E-state index in [1.54, 1.807) is 18.2 Å². The van der Waals surface area contributed by atoms with Crippen LogP contribution < -0.4 is 10.2 Å². The van der Waals surface area contributed by atoms with Crippen LogP contribution in [0.1, 0.15) is 52.9 Å². The zero-order chi connectivity index (χ0) is 18.9. The Balaban J connectivity index is 1.96. The minimum Gasteiger partial charge on any atom is -0.328 e. The molecule has 1 aliphatic heterocycles. The van der Waals surface area contributed by atoms with Crippen LogP contribution in [-0.2, 0) is 14.8 Å². The van der Waals surface area contributed by atoms with E-state index in [2.05, 4.69) is 30.5 Å². The van der Waals surface area contributed by atoms with E-state index in [-0.39, 0.29) is 16.7 Å². The number of unbranched alkanes of at least 4 members (excludes halogenated alkanes) is 1. The Kier molecular flexibility index (Phi) is 5.37. The fourth-order valence-corrected chi connectivity index (χ4v) is 4.33. The van der Waals surface area contributed by atoms with E-state index in [0.717, 1.165) is 32.2 Å². The topological polar surface area (TPSA) is 78.8 Å². The SMILES string of the molecule is CCCCN1C(CC(C)C)=NS(=O)(=O)c2cc(NC(=O)C3CC3)ccc21. The van der Waals surface area contributed by atoms with Crippen molar-refractivity contribution in [3.8, 4) is 0 Å². The highest BCUT2D eigenvalue weighted by Gasteiger charge is 2.32. The van der Waals surface area contributed by atoms with Crippen LogP contribution in [-0.4, -0.2) is 26.7 Å². The number of hydrogen-bond acceptors (Lipinski definition) is 4. The normalized spacial score (nSPS) is 18.5. The third-order valence-electron chi connectivity index (χ3n) is 4.61. The second kappa shape index (κ2) is 7.39. The van der Waals surface area contributed by atoms with Crippen LogP contribution in [0.5, 0.6) is 0 Å². The molecule has 0 spiro atoms. The number of sulfonamides is 1. The summed E-state index contributed by atoms with van der Waals surface area (Å²) in [6, 6.07) is 5.12. The maximum Gasteiger partial charge on any atom is 0.286 e. The van der Waals surface area contributed by atoms with Gasteiger partial charge < -0.3 is 10.2 Å². The molecular weight excluding hydrogens is 350 g/mol. The van der Waals surface area contributed by atoms with Crippen molar-refractivity contribution in [1.29, 1.82) is 0 Å². The lowest BCUT2D eigenvalue weighted by molar-refractivity contribution is -0.117. The number of amides is 1. The first kappa shape index (κ1) is 18.9. The number of amidine groups is 1. The molecule has 0 atom stereocenters. The van der Waals surface area contributed by atoms with Gasteiger partial charge in [-0.1, -0.05) is 27.2 Å². The summed E-state index contributed by atoms with van der Waals surface area (Å²) in [5, 5.41) is 2.82. The van der Waals surface area contributed by atoms with Crippen molar-refractivity contribution >= 4 is 33.1 Å². The first-order valence-corrected chi connectivity index (χ1v) is 10.8. The van der Waals surface area contributed by atoms with E-state index in [9.17, 15) is 13.2 Å². The molecule has 0 radical (unpaired) electrons. The molecule has 6 nitrogen and oxygen atoms in total. The first-order valence-electron chi connectivity index (χ1n) is 9.38. The molecule has 1 aromatic rings. The molecule has 7 heteroatoms. The van der Waals surface area contributed by atoms with Crippen LogP contribution in [0, 0.1) is 11.8 Å². The highest BCUT2D eigenvalue weighted by atomic mass is 32.2. The molecule has 3 rings (SSSR count). The van der Waals surface area contributed by atoms with E-state index < -0.39 is 10.0 Å². The average Bonchev–Trinajstić information content (AvgIpc) is 3.39. The van der Waals surface area contributed by atoms with Crippen molar-refractivity contribution in [3.05, 3.63) is 18.2 Å². The number of carbonyl (C=O) groups is 1. The van der Waals surface area contributed by atoms with Gasteiger partial charge in [0.15, 0.2) is 0 Å². The van der Waals surface area contributed by atoms with Crippen molar-refractivity contribution in [2.24, 2.45) is 16.2 Å². The van der Waals surface area contributed by atoms with Gasteiger partial charge in [-0.3, -0.25) is 4.79 Å². The third kappa shape index (κ3) is 4.09. The fourth-order valence-electron chi connectivity index (χ4n) is 3.07. The van der Waals surface area contributed by atoms with E-state index in [1.807, 2.05) is 4.90 Å². The van der Waals surface area contributed by atoms with Crippen LogP contribution in [0.3, 0.4) is 0 Å². The molecule has 1 amide bonds. The predicted molar refractivity (Wildman–Crippen MR) is 104 cm³/mol. The molecule has 26 heavy (non-hydrogen) atoms. The number of carbonyl (C=O) groups excluding carboxylic acids is 1. The quantitative estimate of drug-likeness (QED) is 0.784. The number of anilines is 2.